The van der Waals surface area contributed by atoms with Crippen molar-refractivity contribution in [1.82, 2.24) is 4.90 Å². The first kappa shape index (κ1) is 16.0. The zero-order valence-corrected chi connectivity index (χ0v) is 11.8. The molecule has 20 heavy (non-hydrogen) atoms. The number of aliphatic hydroxyl groups excluding tert-OH is 1. The molecule has 3 N–H and O–H groups in total. The van der Waals surface area contributed by atoms with Crippen LogP contribution in [0.2, 0.25) is 0 Å². The Balaban J connectivity index is 1.82. The Morgan fingerprint density at radius 3 is 2.65 bits per heavy atom. The van der Waals surface area contributed by atoms with Crippen molar-refractivity contribution in [3.63, 3.8) is 0 Å². The van der Waals surface area contributed by atoms with Gasteiger partial charge in [-0.3, -0.25) is 0 Å². The fourth-order valence-corrected chi connectivity index (χ4v) is 3.67. The summed E-state index contributed by atoms with van der Waals surface area (Å²) >= 11 is 0. The quantitative estimate of drug-likeness (QED) is 0.835. The summed E-state index contributed by atoms with van der Waals surface area (Å²) in [6, 6.07) is 0. The third-order valence-corrected chi connectivity index (χ3v) is 5.06. The van der Waals surface area contributed by atoms with E-state index in [-0.39, 0.29) is 25.5 Å². The molecule has 118 valence electrons. The fraction of sp³-hybridized carbons (Fsp3) is 1.00. The second-order valence-electron chi connectivity index (χ2n) is 6.45. The number of rotatable bonds is 4. The average Bonchev–Trinajstić information content (AvgIpc) is 2.78. The molecule has 0 aromatic carbocycles. The first-order chi connectivity index (χ1) is 9.35. The third-order valence-electron chi connectivity index (χ3n) is 5.06. The Morgan fingerprint density at radius 2 is 2.00 bits per heavy atom. The van der Waals surface area contributed by atoms with Crippen molar-refractivity contribution in [2.24, 2.45) is 17.6 Å². The molecule has 1 aliphatic carbocycles. The summed E-state index contributed by atoms with van der Waals surface area (Å²) in [7, 11) is 0. The summed E-state index contributed by atoms with van der Waals surface area (Å²) in [6.07, 6.45) is 0.389. The van der Waals surface area contributed by atoms with E-state index in [4.69, 9.17) is 5.73 Å². The predicted molar refractivity (Wildman–Crippen MR) is 71.2 cm³/mol. The van der Waals surface area contributed by atoms with Gasteiger partial charge in [0, 0.05) is 12.1 Å². The van der Waals surface area contributed by atoms with E-state index in [0.717, 1.165) is 32.2 Å². The van der Waals surface area contributed by atoms with E-state index in [1.807, 2.05) is 4.90 Å². The van der Waals surface area contributed by atoms with Gasteiger partial charge in [0.25, 0.3) is 0 Å². The molecule has 0 amide bonds. The number of nitrogens with two attached hydrogens (primary N) is 1. The Hall–Kier alpha value is -0.330. The molecule has 0 bridgehead atoms. The maximum Gasteiger partial charge on any atom is 0.393 e. The molecule has 1 aliphatic heterocycles. The molecule has 2 aliphatic rings. The van der Waals surface area contributed by atoms with Gasteiger partial charge in [-0.15, -0.1) is 0 Å². The van der Waals surface area contributed by atoms with Crippen LogP contribution in [0.15, 0.2) is 0 Å². The summed E-state index contributed by atoms with van der Waals surface area (Å²) in [5.41, 5.74) is 5.65. The van der Waals surface area contributed by atoms with Gasteiger partial charge in [0.1, 0.15) is 0 Å². The van der Waals surface area contributed by atoms with Gasteiger partial charge in [0.05, 0.1) is 12.5 Å². The van der Waals surface area contributed by atoms with Crippen LogP contribution in [0.5, 0.6) is 0 Å². The zero-order chi connectivity index (χ0) is 14.8. The van der Waals surface area contributed by atoms with Crippen LogP contribution >= 0.6 is 0 Å². The van der Waals surface area contributed by atoms with Crippen molar-refractivity contribution in [1.29, 1.82) is 0 Å². The lowest BCUT2D eigenvalue weighted by atomic mass is 9.86. The van der Waals surface area contributed by atoms with Gasteiger partial charge in [0.2, 0.25) is 0 Å². The number of hydrogen-bond acceptors (Lipinski definition) is 3. The minimum atomic E-state index is -4.07. The highest BCUT2D eigenvalue weighted by molar-refractivity contribution is 4.96. The number of aliphatic hydroxyl groups is 1. The van der Waals surface area contributed by atoms with Crippen LogP contribution in [0.25, 0.3) is 0 Å². The van der Waals surface area contributed by atoms with E-state index in [0.29, 0.717) is 13.0 Å². The largest absolute Gasteiger partial charge is 0.394 e. The van der Waals surface area contributed by atoms with Crippen molar-refractivity contribution in [2.75, 3.05) is 26.2 Å². The van der Waals surface area contributed by atoms with Gasteiger partial charge in [-0.2, -0.15) is 13.2 Å². The number of piperidine rings is 1. The number of likely N-dealkylation sites (tertiary alicyclic amines) is 1. The Bertz CT molecular complexity index is 324. The minimum absolute atomic E-state index is 0.0250. The molecular formula is C14H25F3N2O. The molecule has 0 aromatic heterocycles. The van der Waals surface area contributed by atoms with Crippen LogP contribution in [0, 0.1) is 11.8 Å². The van der Waals surface area contributed by atoms with E-state index in [1.54, 1.807) is 0 Å². The smallest absolute Gasteiger partial charge is 0.393 e. The van der Waals surface area contributed by atoms with Crippen LogP contribution in [-0.4, -0.2) is 48.0 Å². The Morgan fingerprint density at radius 1 is 1.25 bits per heavy atom. The molecule has 3 unspecified atom stereocenters. The SMILES string of the molecule is NC1(CO)CCCC1CCN1CCCC(C(F)(F)F)C1. The number of halogens is 3. The molecule has 2 fully saturated rings. The van der Waals surface area contributed by atoms with Gasteiger partial charge in [-0.05, 0) is 51.1 Å². The maximum absolute atomic E-state index is 12.8. The highest BCUT2D eigenvalue weighted by Gasteiger charge is 2.42. The standard InChI is InChI=1S/C14H25F3N2O/c15-14(16,17)12-4-2-7-19(9-12)8-5-11-3-1-6-13(11,18)10-20/h11-12,20H,1-10,18H2. The normalized spacial score (nSPS) is 36.5. The Kier molecular flexibility index (Phi) is 4.97. The van der Waals surface area contributed by atoms with E-state index in [9.17, 15) is 18.3 Å². The topological polar surface area (TPSA) is 49.5 Å². The minimum Gasteiger partial charge on any atom is -0.394 e. The Labute approximate surface area is 118 Å². The molecule has 1 saturated heterocycles. The van der Waals surface area contributed by atoms with E-state index >= 15 is 0 Å². The molecule has 0 spiro atoms. The number of hydrogen-bond donors (Lipinski definition) is 2. The van der Waals surface area contributed by atoms with E-state index in [1.165, 1.54) is 0 Å². The summed E-state index contributed by atoms with van der Waals surface area (Å²) in [5.74, 6) is -0.945. The van der Waals surface area contributed by atoms with Crippen molar-refractivity contribution in [2.45, 2.75) is 50.2 Å². The average molecular weight is 294 g/mol. The summed E-state index contributed by atoms with van der Waals surface area (Å²) < 4.78 is 38.3. The van der Waals surface area contributed by atoms with Crippen LogP contribution in [0.1, 0.15) is 38.5 Å². The van der Waals surface area contributed by atoms with E-state index in [2.05, 4.69) is 0 Å². The highest BCUT2D eigenvalue weighted by atomic mass is 19.4. The van der Waals surface area contributed by atoms with Crippen molar-refractivity contribution in [3.05, 3.63) is 0 Å². The second kappa shape index (κ2) is 6.20. The lowest BCUT2D eigenvalue weighted by Gasteiger charge is -2.36. The monoisotopic (exact) mass is 294 g/mol. The molecule has 2 rings (SSSR count). The molecule has 1 saturated carbocycles. The van der Waals surface area contributed by atoms with Crippen molar-refractivity contribution in [3.8, 4) is 0 Å². The van der Waals surface area contributed by atoms with Crippen molar-refractivity contribution >= 4 is 0 Å². The molecule has 6 heteroatoms. The number of alkyl halides is 3. The lowest BCUT2D eigenvalue weighted by molar-refractivity contribution is -0.186. The van der Waals surface area contributed by atoms with Gasteiger partial charge in [-0.1, -0.05) is 6.42 Å². The molecule has 1 heterocycles. The van der Waals surface area contributed by atoms with Gasteiger partial charge < -0.3 is 15.7 Å². The highest BCUT2D eigenvalue weighted by Crippen LogP contribution is 2.37. The first-order valence-electron chi connectivity index (χ1n) is 7.54. The predicted octanol–water partition coefficient (Wildman–Crippen LogP) is 2.14. The fourth-order valence-electron chi connectivity index (χ4n) is 3.67. The van der Waals surface area contributed by atoms with Gasteiger partial charge >= 0.3 is 6.18 Å². The van der Waals surface area contributed by atoms with E-state index < -0.39 is 17.6 Å². The molecule has 3 nitrogen and oxygen atoms in total. The summed E-state index contributed by atoms with van der Waals surface area (Å²) in [4.78, 5) is 1.91. The van der Waals surface area contributed by atoms with Crippen LogP contribution in [-0.2, 0) is 0 Å². The molecule has 3 atom stereocenters. The zero-order valence-electron chi connectivity index (χ0n) is 11.8. The van der Waals surface area contributed by atoms with Crippen LogP contribution < -0.4 is 5.73 Å². The maximum atomic E-state index is 12.8. The third kappa shape index (κ3) is 3.65. The van der Waals surface area contributed by atoms with Gasteiger partial charge in [0.15, 0.2) is 0 Å². The van der Waals surface area contributed by atoms with Crippen molar-refractivity contribution < 1.29 is 18.3 Å². The van der Waals surface area contributed by atoms with Crippen LogP contribution in [0.3, 0.4) is 0 Å². The summed E-state index contributed by atoms with van der Waals surface area (Å²) in [5, 5.41) is 9.39. The summed E-state index contributed by atoms with van der Waals surface area (Å²) in [6.45, 7) is 1.50. The molecular weight excluding hydrogens is 269 g/mol. The van der Waals surface area contributed by atoms with Crippen LogP contribution in [0.4, 0.5) is 13.2 Å². The molecule has 0 aromatic rings. The number of nitrogens with zero attached hydrogens (tertiary/aromatic N) is 1. The van der Waals surface area contributed by atoms with Gasteiger partial charge in [-0.25, -0.2) is 0 Å². The lowest BCUT2D eigenvalue weighted by Crippen LogP contribution is -2.48. The first-order valence-corrected chi connectivity index (χ1v) is 7.54. The molecule has 0 radical (unpaired) electrons. The second-order valence-corrected chi connectivity index (χ2v) is 6.45.